The van der Waals surface area contributed by atoms with Crippen molar-refractivity contribution in [3.05, 3.63) is 35.9 Å². The molecule has 1 aliphatic heterocycles. The van der Waals surface area contributed by atoms with E-state index in [9.17, 15) is 10.2 Å². The number of aliphatic hydroxyl groups excluding tert-OH is 2. The zero-order valence-electron chi connectivity index (χ0n) is 16.6. The van der Waals surface area contributed by atoms with Gasteiger partial charge in [0.05, 0.1) is 32.0 Å². The highest BCUT2D eigenvalue weighted by Crippen LogP contribution is 2.37. The largest absolute Gasteiger partial charge is 0.416 e. The van der Waals surface area contributed by atoms with Gasteiger partial charge in [-0.1, -0.05) is 51.1 Å². The molecular weight excluding hydrogens is 348 g/mol. The summed E-state index contributed by atoms with van der Waals surface area (Å²) >= 11 is 0. The van der Waals surface area contributed by atoms with E-state index in [-0.39, 0.29) is 23.7 Å². The molecule has 4 atom stereocenters. The smallest absolute Gasteiger partial charge is 0.191 e. The van der Waals surface area contributed by atoms with Crippen molar-refractivity contribution < 1.29 is 24.1 Å². The van der Waals surface area contributed by atoms with Crippen molar-refractivity contribution in [2.45, 2.75) is 63.8 Å². The van der Waals surface area contributed by atoms with E-state index in [0.29, 0.717) is 19.8 Å². The minimum Gasteiger partial charge on any atom is -0.416 e. The van der Waals surface area contributed by atoms with Crippen LogP contribution in [0.15, 0.2) is 30.3 Å². The second-order valence-corrected chi connectivity index (χ2v) is 13.5. The van der Waals surface area contributed by atoms with Gasteiger partial charge in [0.25, 0.3) is 0 Å². The van der Waals surface area contributed by atoms with Crippen molar-refractivity contribution in [1.82, 2.24) is 0 Å². The van der Waals surface area contributed by atoms with E-state index >= 15 is 0 Å². The van der Waals surface area contributed by atoms with Gasteiger partial charge in [0, 0.05) is 12.5 Å². The first kappa shape index (κ1) is 21.5. The number of benzene rings is 1. The highest BCUT2D eigenvalue weighted by atomic mass is 28.4. The molecule has 0 amide bonds. The van der Waals surface area contributed by atoms with Gasteiger partial charge in [0.2, 0.25) is 0 Å². The average Bonchev–Trinajstić information content (AvgIpc) is 2.57. The van der Waals surface area contributed by atoms with E-state index in [1.54, 1.807) is 0 Å². The van der Waals surface area contributed by atoms with Crippen LogP contribution in [0.1, 0.15) is 26.3 Å². The highest BCUT2D eigenvalue weighted by molar-refractivity contribution is 6.74. The standard InChI is InChI=1S/C20H34O5Si/c1-20(2,3)26(4,5)25-12-16-18(24-13-17(21)19(16)22)14-23-11-15-9-7-6-8-10-15/h6-10,16-19,21-22H,11-14H2,1-5H3/t16-,17-,18-,19+/m0/s1. The molecular formula is C20H34O5Si. The van der Waals surface area contributed by atoms with Crippen molar-refractivity contribution in [2.24, 2.45) is 5.92 Å². The van der Waals surface area contributed by atoms with E-state index in [4.69, 9.17) is 13.9 Å². The van der Waals surface area contributed by atoms with Gasteiger partial charge < -0.3 is 24.1 Å². The van der Waals surface area contributed by atoms with Crippen LogP contribution in [-0.2, 0) is 20.5 Å². The summed E-state index contributed by atoms with van der Waals surface area (Å²) in [4.78, 5) is 0. The molecule has 1 heterocycles. The molecule has 1 saturated heterocycles. The molecule has 0 aromatic heterocycles. The van der Waals surface area contributed by atoms with Crippen LogP contribution in [0.5, 0.6) is 0 Å². The van der Waals surface area contributed by atoms with E-state index in [1.165, 1.54) is 0 Å². The summed E-state index contributed by atoms with van der Waals surface area (Å²) in [5.74, 6) is -0.302. The molecule has 0 unspecified atom stereocenters. The van der Waals surface area contributed by atoms with Gasteiger partial charge in [-0.3, -0.25) is 0 Å². The monoisotopic (exact) mass is 382 g/mol. The Morgan fingerprint density at radius 1 is 1.12 bits per heavy atom. The molecule has 1 aromatic rings. The van der Waals surface area contributed by atoms with Gasteiger partial charge in [0.1, 0.15) is 6.10 Å². The Balaban J connectivity index is 1.94. The number of rotatable bonds is 7. The zero-order chi connectivity index (χ0) is 19.4. The summed E-state index contributed by atoms with van der Waals surface area (Å²) in [5.41, 5.74) is 1.10. The lowest BCUT2D eigenvalue weighted by Crippen LogP contribution is -2.54. The summed E-state index contributed by atoms with van der Waals surface area (Å²) in [6.45, 7) is 12.3. The van der Waals surface area contributed by atoms with Crippen molar-refractivity contribution >= 4 is 8.32 Å². The highest BCUT2D eigenvalue weighted by Gasteiger charge is 2.42. The van der Waals surface area contributed by atoms with E-state index < -0.39 is 20.5 Å². The third kappa shape index (κ3) is 5.61. The minimum absolute atomic E-state index is 0.0887. The molecule has 0 saturated carbocycles. The summed E-state index contributed by atoms with van der Waals surface area (Å²) in [7, 11) is -1.94. The fourth-order valence-corrected chi connectivity index (χ4v) is 3.76. The van der Waals surface area contributed by atoms with Crippen LogP contribution in [-0.4, -0.2) is 56.7 Å². The first-order chi connectivity index (χ1) is 12.1. The van der Waals surface area contributed by atoms with Crippen molar-refractivity contribution in [3.63, 3.8) is 0 Å². The van der Waals surface area contributed by atoms with Crippen LogP contribution < -0.4 is 0 Å². The lowest BCUT2D eigenvalue weighted by atomic mass is 9.91. The first-order valence-corrected chi connectivity index (χ1v) is 12.3. The van der Waals surface area contributed by atoms with Gasteiger partial charge >= 0.3 is 0 Å². The Bertz CT molecular complexity index is 543. The molecule has 0 bridgehead atoms. The maximum Gasteiger partial charge on any atom is 0.191 e. The van der Waals surface area contributed by atoms with Crippen LogP contribution in [0.3, 0.4) is 0 Å². The number of hydrogen-bond acceptors (Lipinski definition) is 5. The Hall–Kier alpha value is -0.763. The van der Waals surface area contributed by atoms with Crippen LogP contribution in [0.25, 0.3) is 0 Å². The SMILES string of the molecule is CC(C)(C)[Si](C)(C)OC[C@@H]1[C@@H](O)[C@@H](O)CO[C@H]1COCc1ccccc1. The van der Waals surface area contributed by atoms with E-state index in [1.807, 2.05) is 30.3 Å². The van der Waals surface area contributed by atoms with Gasteiger partial charge in [-0.25, -0.2) is 0 Å². The molecule has 5 nitrogen and oxygen atoms in total. The molecule has 0 radical (unpaired) electrons. The molecule has 2 rings (SSSR count). The molecule has 1 aromatic carbocycles. The molecule has 0 spiro atoms. The molecule has 2 N–H and O–H groups in total. The van der Waals surface area contributed by atoms with Crippen LogP contribution in [0, 0.1) is 5.92 Å². The maximum atomic E-state index is 10.5. The first-order valence-electron chi connectivity index (χ1n) is 9.35. The quantitative estimate of drug-likeness (QED) is 0.710. The molecule has 148 valence electrons. The lowest BCUT2D eigenvalue weighted by Gasteiger charge is -2.42. The van der Waals surface area contributed by atoms with E-state index in [0.717, 1.165) is 5.56 Å². The third-order valence-electron chi connectivity index (χ3n) is 5.63. The van der Waals surface area contributed by atoms with Gasteiger partial charge in [-0.2, -0.15) is 0 Å². The van der Waals surface area contributed by atoms with E-state index in [2.05, 4.69) is 33.9 Å². The average molecular weight is 383 g/mol. The van der Waals surface area contributed by atoms with Crippen LogP contribution in [0.2, 0.25) is 18.1 Å². The van der Waals surface area contributed by atoms with Gasteiger partial charge in [0.15, 0.2) is 8.32 Å². The molecule has 26 heavy (non-hydrogen) atoms. The Labute approximate surface area is 158 Å². The molecule has 1 aliphatic rings. The topological polar surface area (TPSA) is 68.2 Å². The maximum absolute atomic E-state index is 10.5. The summed E-state index contributed by atoms with van der Waals surface area (Å²) in [6, 6.07) is 9.95. The normalized spacial score (nSPS) is 27.5. The second kappa shape index (κ2) is 8.95. The summed E-state index contributed by atoms with van der Waals surface area (Å²) in [5, 5.41) is 20.6. The molecule has 6 heteroatoms. The number of aliphatic hydroxyl groups is 2. The summed E-state index contributed by atoms with van der Waals surface area (Å²) in [6.07, 6.45) is -2.03. The molecule has 0 aliphatic carbocycles. The Kier molecular flexibility index (Phi) is 7.41. The Morgan fingerprint density at radius 3 is 2.38 bits per heavy atom. The predicted octanol–water partition coefficient (Wildman–Crippen LogP) is 2.96. The lowest BCUT2D eigenvalue weighted by molar-refractivity contribution is -0.181. The van der Waals surface area contributed by atoms with Crippen molar-refractivity contribution in [2.75, 3.05) is 19.8 Å². The zero-order valence-corrected chi connectivity index (χ0v) is 17.6. The van der Waals surface area contributed by atoms with Crippen LogP contribution >= 0.6 is 0 Å². The third-order valence-corrected chi connectivity index (χ3v) is 10.1. The fraction of sp³-hybridized carbons (Fsp3) is 0.700. The molecule has 1 fully saturated rings. The van der Waals surface area contributed by atoms with Crippen LogP contribution in [0.4, 0.5) is 0 Å². The second-order valence-electron chi connectivity index (χ2n) is 8.67. The number of hydrogen-bond donors (Lipinski definition) is 2. The summed E-state index contributed by atoms with van der Waals surface area (Å²) < 4.78 is 17.9. The predicted molar refractivity (Wildman–Crippen MR) is 104 cm³/mol. The fourth-order valence-electron chi connectivity index (χ4n) is 2.72. The van der Waals surface area contributed by atoms with Crippen molar-refractivity contribution in [3.8, 4) is 0 Å². The Morgan fingerprint density at radius 2 is 1.77 bits per heavy atom. The minimum atomic E-state index is -1.94. The van der Waals surface area contributed by atoms with Gasteiger partial charge in [-0.15, -0.1) is 0 Å². The van der Waals surface area contributed by atoms with Gasteiger partial charge in [-0.05, 0) is 23.7 Å². The number of ether oxygens (including phenoxy) is 2. The van der Waals surface area contributed by atoms with Crippen molar-refractivity contribution in [1.29, 1.82) is 0 Å².